The second-order valence-electron chi connectivity index (χ2n) is 3.75. The Hall–Kier alpha value is -0.630. The summed E-state index contributed by atoms with van der Waals surface area (Å²) in [5, 5.41) is 7.53. The molecule has 2 N–H and O–H groups in total. The summed E-state index contributed by atoms with van der Waals surface area (Å²) in [6, 6.07) is 0. The highest BCUT2D eigenvalue weighted by atomic mass is 127. The zero-order valence-corrected chi connectivity index (χ0v) is 14.8. The lowest BCUT2D eigenvalue weighted by molar-refractivity contribution is 0.849. The zero-order chi connectivity index (χ0) is 13.2. The molecule has 0 atom stereocenters. The van der Waals surface area contributed by atoms with E-state index in [0.29, 0.717) is 0 Å². The van der Waals surface area contributed by atoms with Gasteiger partial charge in [0.1, 0.15) is 0 Å². The van der Waals surface area contributed by atoms with Gasteiger partial charge >= 0.3 is 0 Å². The third kappa shape index (κ3) is 7.51. The molecule has 0 unspecified atom stereocenters. The number of hydrogen-bond donors (Lipinski definition) is 2. The van der Waals surface area contributed by atoms with Crippen LogP contribution in [0.2, 0.25) is 0 Å². The smallest absolute Gasteiger partial charge is 0.191 e. The summed E-state index contributed by atoms with van der Waals surface area (Å²) in [6.07, 6.45) is 5.74. The van der Waals surface area contributed by atoms with Crippen molar-refractivity contribution in [2.75, 3.05) is 19.6 Å². The van der Waals surface area contributed by atoms with Crippen molar-refractivity contribution < 1.29 is 0 Å². The van der Waals surface area contributed by atoms with Crippen LogP contribution in [0.4, 0.5) is 0 Å². The van der Waals surface area contributed by atoms with E-state index in [-0.39, 0.29) is 24.0 Å². The summed E-state index contributed by atoms with van der Waals surface area (Å²) in [5.74, 6) is 0.838. The van der Waals surface area contributed by atoms with E-state index in [1.165, 1.54) is 4.88 Å². The molecule has 1 aromatic rings. The van der Waals surface area contributed by atoms with E-state index < -0.39 is 0 Å². The van der Waals surface area contributed by atoms with Gasteiger partial charge in [-0.25, -0.2) is 4.98 Å². The van der Waals surface area contributed by atoms with Crippen LogP contribution >= 0.6 is 35.3 Å². The first kappa shape index (κ1) is 18.4. The van der Waals surface area contributed by atoms with Crippen molar-refractivity contribution in [3.8, 4) is 0 Å². The van der Waals surface area contributed by atoms with Gasteiger partial charge in [-0.2, -0.15) is 0 Å². The molecule has 0 amide bonds. The van der Waals surface area contributed by atoms with Crippen molar-refractivity contribution >= 4 is 41.3 Å². The van der Waals surface area contributed by atoms with Gasteiger partial charge in [0.05, 0.1) is 5.01 Å². The highest BCUT2D eigenvalue weighted by Gasteiger charge is 2.00. The number of hydrogen-bond acceptors (Lipinski definition) is 3. The minimum Gasteiger partial charge on any atom is -0.357 e. The molecular weight excluding hydrogens is 371 g/mol. The lowest BCUT2D eigenvalue weighted by Crippen LogP contribution is -2.37. The average Bonchev–Trinajstić information content (AvgIpc) is 2.84. The van der Waals surface area contributed by atoms with Crippen molar-refractivity contribution in [1.29, 1.82) is 0 Å². The standard InChI is InChI=1S/C13H22N4S.HI/c1-4-8-15-13(14-6-3)16-9-7-12-17-10-11(5-2)18-12;/h4,10H,1,5-9H2,2-3H3,(H2,14,15,16);1H. The highest BCUT2D eigenvalue weighted by Crippen LogP contribution is 2.13. The summed E-state index contributed by atoms with van der Waals surface area (Å²) >= 11 is 1.78. The minimum atomic E-state index is 0. The summed E-state index contributed by atoms with van der Waals surface area (Å²) in [5.41, 5.74) is 0. The van der Waals surface area contributed by atoms with Crippen LogP contribution in [0.1, 0.15) is 23.7 Å². The predicted molar refractivity (Wildman–Crippen MR) is 94.8 cm³/mol. The Balaban J connectivity index is 0.00000324. The molecule has 1 aromatic heterocycles. The summed E-state index contributed by atoms with van der Waals surface area (Å²) in [7, 11) is 0. The van der Waals surface area contributed by atoms with Gasteiger partial charge < -0.3 is 10.6 Å². The Labute approximate surface area is 136 Å². The van der Waals surface area contributed by atoms with Crippen molar-refractivity contribution in [2.45, 2.75) is 26.7 Å². The second kappa shape index (κ2) is 11.2. The Kier molecular flexibility index (Phi) is 10.8. The van der Waals surface area contributed by atoms with Crippen LogP contribution in [-0.2, 0) is 12.8 Å². The van der Waals surface area contributed by atoms with E-state index in [1.54, 1.807) is 11.3 Å². The fraction of sp³-hybridized carbons (Fsp3) is 0.538. The monoisotopic (exact) mass is 394 g/mol. The fourth-order valence-corrected chi connectivity index (χ4v) is 2.25. The van der Waals surface area contributed by atoms with Gasteiger partial charge in [-0.3, -0.25) is 4.99 Å². The molecular formula is C13H23IN4S. The molecule has 1 heterocycles. The zero-order valence-electron chi connectivity index (χ0n) is 11.6. The number of rotatable bonds is 7. The lowest BCUT2D eigenvalue weighted by Gasteiger charge is -2.08. The van der Waals surface area contributed by atoms with Crippen LogP contribution < -0.4 is 10.6 Å². The van der Waals surface area contributed by atoms with E-state index in [1.807, 2.05) is 12.3 Å². The van der Waals surface area contributed by atoms with Gasteiger partial charge in [-0.15, -0.1) is 41.9 Å². The maximum atomic E-state index is 4.49. The molecule has 6 heteroatoms. The fourth-order valence-electron chi connectivity index (χ4n) is 1.40. The normalized spacial score (nSPS) is 10.7. The minimum absolute atomic E-state index is 0. The molecule has 0 aliphatic carbocycles. The molecule has 1 rings (SSSR count). The van der Waals surface area contributed by atoms with Crippen LogP contribution in [0, 0.1) is 0 Å². The Morgan fingerprint density at radius 2 is 2.26 bits per heavy atom. The molecule has 0 spiro atoms. The molecule has 0 saturated heterocycles. The summed E-state index contributed by atoms with van der Waals surface area (Å²) < 4.78 is 0. The molecule has 0 radical (unpaired) electrons. The predicted octanol–water partition coefficient (Wildman–Crippen LogP) is 2.61. The molecule has 108 valence electrons. The largest absolute Gasteiger partial charge is 0.357 e. The number of nitrogens with zero attached hydrogens (tertiary/aromatic N) is 2. The Morgan fingerprint density at radius 1 is 1.47 bits per heavy atom. The number of aromatic nitrogens is 1. The van der Waals surface area contributed by atoms with Crippen molar-refractivity contribution in [2.24, 2.45) is 4.99 Å². The third-order valence-corrected chi connectivity index (χ3v) is 3.50. The van der Waals surface area contributed by atoms with Crippen LogP contribution in [0.15, 0.2) is 23.8 Å². The van der Waals surface area contributed by atoms with E-state index in [4.69, 9.17) is 0 Å². The molecule has 0 aromatic carbocycles. The van der Waals surface area contributed by atoms with Gasteiger partial charge in [0.2, 0.25) is 0 Å². The molecule has 0 aliphatic rings. The van der Waals surface area contributed by atoms with Gasteiger partial charge in [-0.05, 0) is 13.3 Å². The van der Waals surface area contributed by atoms with E-state index in [2.05, 4.69) is 41.0 Å². The number of nitrogens with one attached hydrogen (secondary N) is 2. The molecule has 0 fully saturated rings. The molecule has 0 aliphatic heterocycles. The number of aryl methyl sites for hydroxylation is 1. The van der Waals surface area contributed by atoms with Crippen LogP contribution in [0.25, 0.3) is 0 Å². The molecule has 0 bridgehead atoms. The summed E-state index contributed by atoms with van der Waals surface area (Å²) in [6.45, 7) is 10.2. The number of thiazole rings is 1. The first-order valence-corrected chi connectivity index (χ1v) is 7.18. The molecule has 0 saturated carbocycles. The van der Waals surface area contributed by atoms with Crippen molar-refractivity contribution in [3.63, 3.8) is 0 Å². The first-order valence-electron chi connectivity index (χ1n) is 6.36. The number of halogens is 1. The average molecular weight is 394 g/mol. The quantitative estimate of drug-likeness (QED) is 0.324. The van der Waals surface area contributed by atoms with Crippen LogP contribution in [-0.4, -0.2) is 30.6 Å². The van der Waals surface area contributed by atoms with Gasteiger partial charge in [-0.1, -0.05) is 13.0 Å². The first-order chi connectivity index (χ1) is 8.80. The summed E-state index contributed by atoms with van der Waals surface area (Å²) in [4.78, 5) is 10.2. The SMILES string of the molecule is C=CCNC(=NCCc1ncc(CC)s1)NCC.I. The van der Waals surface area contributed by atoms with Crippen LogP contribution in [0.3, 0.4) is 0 Å². The third-order valence-electron chi connectivity index (χ3n) is 2.30. The van der Waals surface area contributed by atoms with E-state index >= 15 is 0 Å². The number of aliphatic imine (C=N–C) groups is 1. The van der Waals surface area contributed by atoms with Crippen molar-refractivity contribution in [1.82, 2.24) is 15.6 Å². The van der Waals surface area contributed by atoms with Gasteiger partial charge in [0, 0.05) is 37.1 Å². The second-order valence-corrected chi connectivity index (χ2v) is 4.95. The van der Waals surface area contributed by atoms with E-state index in [9.17, 15) is 0 Å². The van der Waals surface area contributed by atoms with Crippen molar-refractivity contribution in [3.05, 3.63) is 28.7 Å². The maximum absolute atomic E-state index is 4.49. The highest BCUT2D eigenvalue weighted by molar-refractivity contribution is 14.0. The Bertz CT molecular complexity index is 390. The van der Waals surface area contributed by atoms with E-state index in [0.717, 1.165) is 43.4 Å². The van der Waals surface area contributed by atoms with Gasteiger partial charge in [0.25, 0.3) is 0 Å². The molecule has 4 nitrogen and oxygen atoms in total. The van der Waals surface area contributed by atoms with Gasteiger partial charge in [0.15, 0.2) is 5.96 Å². The number of guanidine groups is 1. The van der Waals surface area contributed by atoms with Crippen LogP contribution in [0.5, 0.6) is 0 Å². The maximum Gasteiger partial charge on any atom is 0.191 e. The Morgan fingerprint density at radius 3 is 2.84 bits per heavy atom. The topological polar surface area (TPSA) is 49.3 Å². The molecule has 19 heavy (non-hydrogen) atoms. The lowest BCUT2D eigenvalue weighted by atomic mass is 10.4.